The van der Waals surface area contributed by atoms with Crippen LogP contribution in [0.15, 0.2) is 24.3 Å². The van der Waals surface area contributed by atoms with E-state index in [4.69, 9.17) is 9.84 Å². The number of aliphatic hydroxyl groups is 1. The Morgan fingerprint density at radius 2 is 2.29 bits per heavy atom. The number of ether oxygens (including phenoxy) is 1. The van der Waals surface area contributed by atoms with Gasteiger partial charge in [0, 0.05) is 6.04 Å². The molecule has 1 amide bonds. The van der Waals surface area contributed by atoms with E-state index >= 15 is 0 Å². The molecule has 80 valence electrons. The molecule has 0 saturated carbocycles. The number of carbonyl (C=O) groups excluding carboxylic acids is 1. The highest BCUT2D eigenvalue weighted by atomic mass is 16.5. The van der Waals surface area contributed by atoms with Crippen LogP contribution in [0.4, 0.5) is 4.79 Å². The van der Waals surface area contributed by atoms with Crippen LogP contribution in [0.25, 0.3) is 0 Å². The molecule has 0 saturated heterocycles. The van der Waals surface area contributed by atoms with Crippen LogP contribution in [0, 0.1) is 0 Å². The average Bonchev–Trinajstić information content (AvgIpc) is 2.11. The van der Waals surface area contributed by atoms with E-state index < -0.39 is 6.09 Å². The highest BCUT2D eigenvalue weighted by Gasteiger charge is 2.01. The fraction of sp³-hybridized carbons (Fsp3) is 0.500. The number of hydrogen-bond acceptors (Lipinski definition) is 3. The van der Waals surface area contributed by atoms with Crippen molar-refractivity contribution < 1.29 is 14.6 Å². The Hall–Kier alpha value is -1.29. The van der Waals surface area contributed by atoms with Crippen molar-refractivity contribution in [3.8, 4) is 0 Å². The second-order valence-corrected chi connectivity index (χ2v) is 3.04. The first-order chi connectivity index (χ1) is 6.60. The van der Waals surface area contributed by atoms with Gasteiger partial charge in [-0.15, -0.1) is 0 Å². The lowest BCUT2D eigenvalue weighted by molar-refractivity contribution is 0.155. The number of alkyl carbamates (subject to hydrolysis) is 1. The maximum Gasteiger partial charge on any atom is 0.407 e. The number of rotatable bonds is 5. The van der Waals surface area contributed by atoms with Crippen molar-refractivity contribution >= 4 is 6.09 Å². The third kappa shape index (κ3) is 6.25. The monoisotopic (exact) mass is 199 g/mol. The minimum absolute atomic E-state index is 0.0585. The minimum atomic E-state index is -0.461. The summed E-state index contributed by atoms with van der Waals surface area (Å²) in [4.78, 5) is 11.0. The highest BCUT2D eigenvalue weighted by molar-refractivity contribution is 5.67. The lowest BCUT2D eigenvalue weighted by Gasteiger charge is -2.07. The third-order valence-corrected chi connectivity index (χ3v) is 1.41. The molecule has 2 N–H and O–H groups in total. The van der Waals surface area contributed by atoms with Gasteiger partial charge in [-0.3, -0.25) is 0 Å². The van der Waals surface area contributed by atoms with Crippen molar-refractivity contribution in [3.05, 3.63) is 24.3 Å². The van der Waals surface area contributed by atoms with Gasteiger partial charge < -0.3 is 15.2 Å². The predicted molar refractivity (Wildman–Crippen MR) is 55.0 cm³/mol. The van der Waals surface area contributed by atoms with Gasteiger partial charge >= 0.3 is 6.09 Å². The van der Waals surface area contributed by atoms with Gasteiger partial charge in [0.15, 0.2) is 0 Å². The van der Waals surface area contributed by atoms with Crippen LogP contribution in [-0.2, 0) is 4.74 Å². The number of carbonyl (C=O) groups is 1. The van der Waals surface area contributed by atoms with E-state index in [2.05, 4.69) is 11.9 Å². The molecular formula is C10H17NO3. The van der Waals surface area contributed by atoms with Crippen molar-refractivity contribution in [3.63, 3.8) is 0 Å². The zero-order valence-electron chi connectivity index (χ0n) is 8.62. The SMILES string of the molecule is C=C/C(=C/COC(=O)NC(C)C)CO. The molecule has 0 unspecified atom stereocenters. The summed E-state index contributed by atoms with van der Waals surface area (Å²) >= 11 is 0. The zero-order chi connectivity index (χ0) is 11.0. The molecule has 0 bridgehead atoms. The molecule has 0 heterocycles. The minimum Gasteiger partial charge on any atom is -0.445 e. The van der Waals surface area contributed by atoms with E-state index in [1.165, 1.54) is 6.08 Å². The average molecular weight is 199 g/mol. The first-order valence-electron chi connectivity index (χ1n) is 4.45. The fourth-order valence-electron chi connectivity index (χ4n) is 0.714. The van der Waals surface area contributed by atoms with Crippen molar-refractivity contribution in [1.29, 1.82) is 0 Å². The van der Waals surface area contributed by atoms with Gasteiger partial charge in [-0.2, -0.15) is 0 Å². The molecule has 0 fully saturated rings. The second kappa shape index (κ2) is 7.15. The molecule has 0 aliphatic rings. The Morgan fingerprint density at radius 3 is 2.71 bits per heavy atom. The third-order valence-electron chi connectivity index (χ3n) is 1.41. The summed E-state index contributed by atoms with van der Waals surface area (Å²) in [6, 6.07) is 0.0585. The fourth-order valence-corrected chi connectivity index (χ4v) is 0.714. The first-order valence-corrected chi connectivity index (χ1v) is 4.45. The Bertz CT molecular complexity index is 221. The topological polar surface area (TPSA) is 58.6 Å². The molecule has 0 rings (SSSR count). The number of nitrogens with one attached hydrogen (secondary N) is 1. The molecule has 0 aromatic rings. The van der Waals surface area contributed by atoms with Gasteiger partial charge in [0.2, 0.25) is 0 Å². The molecule has 4 heteroatoms. The largest absolute Gasteiger partial charge is 0.445 e. The second-order valence-electron chi connectivity index (χ2n) is 3.04. The lowest BCUT2D eigenvalue weighted by Crippen LogP contribution is -2.30. The Labute approximate surface area is 84.3 Å². The number of aliphatic hydroxyl groups excluding tert-OH is 1. The summed E-state index contributed by atoms with van der Waals surface area (Å²) in [6.45, 7) is 7.23. The summed E-state index contributed by atoms with van der Waals surface area (Å²) in [5.41, 5.74) is 0.641. The van der Waals surface area contributed by atoms with E-state index in [0.29, 0.717) is 5.57 Å². The number of amides is 1. The molecule has 0 aliphatic heterocycles. The van der Waals surface area contributed by atoms with E-state index in [1.807, 2.05) is 13.8 Å². The maximum atomic E-state index is 11.0. The molecule has 0 aromatic carbocycles. The van der Waals surface area contributed by atoms with Crippen LogP contribution in [0.5, 0.6) is 0 Å². The van der Waals surface area contributed by atoms with Crippen molar-refractivity contribution in [1.82, 2.24) is 5.32 Å². The standard InChI is InChI=1S/C10H17NO3/c1-4-9(7-12)5-6-14-10(13)11-8(2)3/h4-5,8,12H,1,6-7H2,2-3H3,(H,11,13)/b9-5-. The molecule has 0 atom stereocenters. The first kappa shape index (κ1) is 12.7. The summed E-state index contributed by atoms with van der Waals surface area (Å²) < 4.78 is 4.80. The molecular weight excluding hydrogens is 182 g/mol. The van der Waals surface area contributed by atoms with Crippen LogP contribution < -0.4 is 5.32 Å². The summed E-state index contributed by atoms with van der Waals surface area (Å²) in [5.74, 6) is 0. The Balaban J connectivity index is 3.77. The summed E-state index contributed by atoms with van der Waals surface area (Å²) in [6.07, 6.45) is 2.66. The van der Waals surface area contributed by atoms with Gasteiger partial charge in [0.1, 0.15) is 6.61 Å². The van der Waals surface area contributed by atoms with Crippen molar-refractivity contribution in [2.45, 2.75) is 19.9 Å². The molecule has 0 aromatic heterocycles. The summed E-state index contributed by atoms with van der Waals surface area (Å²) in [5, 5.41) is 11.3. The van der Waals surface area contributed by atoms with Gasteiger partial charge in [-0.05, 0) is 25.5 Å². The molecule has 0 radical (unpaired) electrons. The van der Waals surface area contributed by atoms with Gasteiger partial charge in [0.25, 0.3) is 0 Å². The summed E-state index contributed by atoms with van der Waals surface area (Å²) in [7, 11) is 0. The van der Waals surface area contributed by atoms with Crippen molar-refractivity contribution in [2.24, 2.45) is 0 Å². The van der Waals surface area contributed by atoms with Crippen LogP contribution in [-0.4, -0.2) is 30.5 Å². The molecule has 14 heavy (non-hydrogen) atoms. The van der Waals surface area contributed by atoms with Gasteiger partial charge in [-0.25, -0.2) is 4.79 Å². The van der Waals surface area contributed by atoms with Gasteiger partial charge in [0.05, 0.1) is 6.61 Å². The van der Waals surface area contributed by atoms with E-state index in [9.17, 15) is 4.79 Å². The quantitative estimate of drug-likeness (QED) is 0.655. The number of hydrogen-bond donors (Lipinski definition) is 2. The molecule has 4 nitrogen and oxygen atoms in total. The van der Waals surface area contributed by atoms with Crippen LogP contribution in [0.3, 0.4) is 0 Å². The van der Waals surface area contributed by atoms with E-state index in [1.54, 1.807) is 6.08 Å². The maximum absolute atomic E-state index is 11.0. The smallest absolute Gasteiger partial charge is 0.407 e. The Morgan fingerprint density at radius 1 is 1.64 bits per heavy atom. The zero-order valence-corrected chi connectivity index (χ0v) is 8.62. The molecule has 0 aliphatic carbocycles. The van der Waals surface area contributed by atoms with E-state index in [0.717, 1.165) is 0 Å². The molecule has 0 spiro atoms. The van der Waals surface area contributed by atoms with Crippen molar-refractivity contribution in [2.75, 3.05) is 13.2 Å². The van der Waals surface area contributed by atoms with Crippen LogP contribution in [0.1, 0.15) is 13.8 Å². The van der Waals surface area contributed by atoms with Gasteiger partial charge in [-0.1, -0.05) is 12.7 Å². The highest BCUT2D eigenvalue weighted by Crippen LogP contribution is 1.93. The predicted octanol–water partition coefficient (Wildman–Crippen LogP) is 1.23. The lowest BCUT2D eigenvalue weighted by atomic mass is 10.3. The Kier molecular flexibility index (Phi) is 6.49. The van der Waals surface area contributed by atoms with Crippen LogP contribution in [0.2, 0.25) is 0 Å². The van der Waals surface area contributed by atoms with E-state index in [-0.39, 0.29) is 19.3 Å². The van der Waals surface area contributed by atoms with Crippen LogP contribution >= 0.6 is 0 Å². The normalized spacial score (nSPS) is 11.3.